The van der Waals surface area contributed by atoms with Gasteiger partial charge in [-0.25, -0.2) is 4.39 Å². The largest absolute Gasteiger partial charge is 0.497 e. The quantitative estimate of drug-likeness (QED) is 0.638. The maximum atomic E-state index is 14.6. The molecular weight excluding hydrogens is 457 g/mol. The van der Waals surface area contributed by atoms with E-state index in [0.29, 0.717) is 61.5 Å². The molecule has 2 aliphatic rings. The first-order valence-corrected chi connectivity index (χ1v) is 12.1. The second-order valence-corrected chi connectivity index (χ2v) is 9.70. The molecule has 2 aliphatic heterocycles. The van der Waals surface area contributed by atoms with Crippen LogP contribution in [-0.4, -0.2) is 55.5 Å². The maximum absolute atomic E-state index is 14.6. The molecule has 0 spiro atoms. The first-order valence-electron chi connectivity index (χ1n) is 11.7. The summed E-state index contributed by atoms with van der Waals surface area (Å²) in [6.07, 6.45) is 2.13. The molecule has 4 rings (SSSR count). The van der Waals surface area contributed by atoms with Gasteiger partial charge in [0.1, 0.15) is 11.6 Å². The molecule has 34 heavy (non-hydrogen) atoms. The van der Waals surface area contributed by atoms with E-state index in [0.717, 1.165) is 24.3 Å². The Morgan fingerprint density at radius 1 is 1.18 bits per heavy atom. The van der Waals surface area contributed by atoms with Gasteiger partial charge in [0.05, 0.1) is 7.11 Å². The lowest BCUT2D eigenvalue weighted by Crippen LogP contribution is -2.50. The Balaban J connectivity index is 1.36. The summed E-state index contributed by atoms with van der Waals surface area (Å²) in [5, 5.41) is 3.75. The highest BCUT2D eigenvalue weighted by Crippen LogP contribution is 2.32. The summed E-state index contributed by atoms with van der Waals surface area (Å²) >= 11 is 6.17. The van der Waals surface area contributed by atoms with Gasteiger partial charge in [-0.15, -0.1) is 0 Å². The highest BCUT2D eigenvalue weighted by Gasteiger charge is 2.39. The number of benzene rings is 2. The van der Waals surface area contributed by atoms with Crippen LogP contribution < -0.4 is 15.0 Å². The number of nitrogens with one attached hydrogen (secondary N) is 1. The molecule has 0 bridgehead atoms. The summed E-state index contributed by atoms with van der Waals surface area (Å²) in [5.74, 6) is 0.108. The Hall–Kier alpha value is -2.80. The third-order valence-corrected chi connectivity index (χ3v) is 7.22. The molecule has 2 heterocycles. The fourth-order valence-corrected chi connectivity index (χ4v) is 5.14. The van der Waals surface area contributed by atoms with Crippen LogP contribution in [0.4, 0.5) is 10.1 Å². The highest BCUT2D eigenvalue weighted by atomic mass is 35.5. The monoisotopic (exact) mass is 487 g/mol. The Morgan fingerprint density at radius 3 is 2.59 bits per heavy atom. The number of rotatable bonds is 7. The maximum Gasteiger partial charge on any atom is 0.222 e. The molecule has 1 atom stereocenters. The van der Waals surface area contributed by atoms with E-state index in [2.05, 4.69) is 17.1 Å². The lowest BCUT2D eigenvalue weighted by atomic mass is 9.84. The van der Waals surface area contributed by atoms with E-state index in [1.807, 2.05) is 23.1 Å². The van der Waals surface area contributed by atoms with Gasteiger partial charge in [0.2, 0.25) is 11.8 Å². The second kappa shape index (κ2) is 10.2. The molecule has 0 unspecified atom stereocenters. The minimum atomic E-state index is -0.609. The average Bonchev–Trinajstić information content (AvgIpc) is 3.21. The first-order chi connectivity index (χ1) is 16.3. The summed E-state index contributed by atoms with van der Waals surface area (Å²) in [5.41, 5.74) is 2.17. The van der Waals surface area contributed by atoms with E-state index < -0.39 is 5.54 Å². The molecule has 0 saturated carbocycles. The van der Waals surface area contributed by atoms with Crippen molar-refractivity contribution in [1.82, 2.24) is 10.2 Å². The Bertz CT molecular complexity index is 1070. The van der Waals surface area contributed by atoms with Gasteiger partial charge in [-0.2, -0.15) is 0 Å². The molecule has 6 nitrogen and oxygen atoms in total. The van der Waals surface area contributed by atoms with Crippen molar-refractivity contribution in [3.05, 3.63) is 58.4 Å². The summed E-state index contributed by atoms with van der Waals surface area (Å²) < 4.78 is 19.7. The van der Waals surface area contributed by atoms with Gasteiger partial charge in [-0.05, 0) is 55.5 Å². The van der Waals surface area contributed by atoms with Crippen molar-refractivity contribution in [2.75, 3.05) is 38.2 Å². The van der Waals surface area contributed by atoms with Gasteiger partial charge < -0.3 is 19.9 Å². The van der Waals surface area contributed by atoms with E-state index in [-0.39, 0.29) is 17.6 Å². The fourth-order valence-electron chi connectivity index (χ4n) is 4.97. The minimum Gasteiger partial charge on any atom is -0.497 e. The van der Waals surface area contributed by atoms with Crippen molar-refractivity contribution in [3.63, 3.8) is 0 Å². The van der Waals surface area contributed by atoms with E-state index in [1.165, 1.54) is 13.2 Å². The normalized spacial score (nSPS) is 20.4. The molecule has 0 aromatic heterocycles. The number of carbonyl (C=O) groups excluding carboxylic acids is 2. The number of aryl methyl sites for hydroxylation is 1. The van der Waals surface area contributed by atoms with Crippen LogP contribution >= 0.6 is 11.6 Å². The van der Waals surface area contributed by atoms with Crippen LogP contribution in [0.2, 0.25) is 5.02 Å². The van der Waals surface area contributed by atoms with Crippen molar-refractivity contribution < 1.29 is 18.7 Å². The Kier molecular flexibility index (Phi) is 7.31. The van der Waals surface area contributed by atoms with Crippen molar-refractivity contribution >= 4 is 29.1 Å². The van der Waals surface area contributed by atoms with E-state index >= 15 is 0 Å². The zero-order valence-corrected chi connectivity index (χ0v) is 20.5. The predicted molar refractivity (Wildman–Crippen MR) is 131 cm³/mol. The van der Waals surface area contributed by atoms with Crippen molar-refractivity contribution in [1.29, 1.82) is 0 Å². The lowest BCUT2D eigenvalue weighted by molar-refractivity contribution is -0.132. The smallest absolute Gasteiger partial charge is 0.222 e. The number of anilines is 1. The van der Waals surface area contributed by atoms with Crippen LogP contribution in [0.15, 0.2) is 36.4 Å². The number of carbonyl (C=O) groups is 2. The Labute approximate surface area is 205 Å². The first kappa shape index (κ1) is 24.3. The molecule has 8 heteroatoms. The van der Waals surface area contributed by atoms with E-state index in [1.54, 1.807) is 12.1 Å². The van der Waals surface area contributed by atoms with Gasteiger partial charge in [0.15, 0.2) is 0 Å². The molecular formula is C26H31ClFN3O3. The number of hydrogen-bond donors (Lipinski definition) is 1. The SMILES string of the molecule is COc1ccc(C[C@@]2(CCC(=O)N3CCN(c4cc(Cl)ccc4C)CC3)CCC(=O)N2)c(F)c1. The van der Waals surface area contributed by atoms with Crippen LogP contribution in [0, 0.1) is 12.7 Å². The molecule has 2 aromatic carbocycles. The highest BCUT2D eigenvalue weighted by molar-refractivity contribution is 6.30. The standard InChI is InChI=1S/C26H31ClFN3O3/c1-18-3-5-20(27)15-23(18)30-11-13-31(14-12-30)25(33)8-10-26(9-7-24(32)29-26)17-19-4-6-21(34-2)16-22(19)28/h3-6,15-16H,7-14,17H2,1-2H3,(H,29,32)/t26-/m0/s1. The van der Waals surface area contributed by atoms with Crippen LogP contribution in [0.1, 0.15) is 36.8 Å². The number of amides is 2. The summed E-state index contributed by atoms with van der Waals surface area (Å²) in [6.45, 7) is 4.82. The van der Waals surface area contributed by atoms with Gasteiger partial charge >= 0.3 is 0 Å². The van der Waals surface area contributed by atoms with Gasteiger partial charge in [-0.3, -0.25) is 9.59 Å². The fraction of sp³-hybridized carbons (Fsp3) is 0.462. The average molecular weight is 488 g/mol. The van der Waals surface area contributed by atoms with Gasteiger partial charge in [0, 0.05) is 61.3 Å². The van der Waals surface area contributed by atoms with Gasteiger partial charge in [0.25, 0.3) is 0 Å². The van der Waals surface area contributed by atoms with Crippen molar-refractivity contribution in [2.45, 2.75) is 44.6 Å². The number of methoxy groups -OCH3 is 1. The molecule has 182 valence electrons. The third kappa shape index (κ3) is 5.46. The molecule has 2 amide bonds. The number of piperazine rings is 1. The molecule has 0 aliphatic carbocycles. The van der Waals surface area contributed by atoms with Crippen molar-refractivity contribution in [3.8, 4) is 5.75 Å². The number of nitrogens with zero attached hydrogens (tertiary/aromatic N) is 2. The number of ether oxygens (including phenoxy) is 1. The topological polar surface area (TPSA) is 61.9 Å². The van der Waals surface area contributed by atoms with Crippen LogP contribution in [0.25, 0.3) is 0 Å². The predicted octanol–water partition coefficient (Wildman–Crippen LogP) is 4.12. The lowest BCUT2D eigenvalue weighted by Gasteiger charge is -2.37. The Morgan fingerprint density at radius 2 is 1.94 bits per heavy atom. The van der Waals surface area contributed by atoms with Crippen LogP contribution in [-0.2, 0) is 16.0 Å². The summed E-state index contributed by atoms with van der Waals surface area (Å²) in [7, 11) is 1.49. The number of hydrogen-bond acceptors (Lipinski definition) is 4. The van der Waals surface area contributed by atoms with Crippen molar-refractivity contribution in [2.24, 2.45) is 0 Å². The molecule has 2 fully saturated rings. The summed E-state index contributed by atoms with van der Waals surface area (Å²) in [6, 6.07) is 10.6. The molecule has 2 aromatic rings. The molecule has 1 N–H and O–H groups in total. The van der Waals surface area contributed by atoms with Crippen LogP contribution in [0.3, 0.4) is 0 Å². The van der Waals surface area contributed by atoms with E-state index in [4.69, 9.17) is 16.3 Å². The summed E-state index contributed by atoms with van der Waals surface area (Å²) in [4.78, 5) is 29.2. The van der Waals surface area contributed by atoms with E-state index in [9.17, 15) is 14.0 Å². The third-order valence-electron chi connectivity index (χ3n) is 6.99. The zero-order chi connectivity index (χ0) is 24.3. The minimum absolute atomic E-state index is 0.0492. The number of halogens is 2. The van der Waals surface area contributed by atoms with Gasteiger partial charge in [-0.1, -0.05) is 23.7 Å². The van der Waals surface area contributed by atoms with Crippen LogP contribution in [0.5, 0.6) is 5.75 Å². The second-order valence-electron chi connectivity index (χ2n) is 9.26. The zero-order valence-electron chi connectivity index (χ0n) is 19.7. The molecule has 0 radical (unpaired) electrons. The molecule has 2 saturated heterocycles.